The van der Waals surface area contributed by atoms with Crippen LogP contribution in [0.15, 0.2) is 46.9 Å². The van der Waals surface area contributed by atoms with Crippen molar-refractivity contribution in [1.29, 1.82) is 0 Å². The molecule has 2 heterocycles. The van der Waals surface area contributed by atoms with Gasteiger partial charge in [0.25, 0.3) is 0 Å². The fourth-order valence-corrected chi connectivity index (χ4v) is 5.44. The van der Waals surface area contributed by atoms with Gasteiger partial charge in [0.05, 0.1) is 26.8 Å². The minimum absolute atomic E-state index is 0.245. The van der Waals surface area contributed by atoms with Crippen LogP contribution in [0, 0.1) is 0 Å². The first-order chi connectivity index (χ1) is 13.6. The van der Waals surface area contributed by atoms with Gasteiger partial charge in [0.15, 0.2) is 0 Å². The molecule has 1 aromatic heterocycles. The number of halogens is 1. The summed E-state index contributed by atoms with van der Waals surface area (Å²) in [4.78, 5) is 19.5. The second-order valence-corrected chi connectivity index (χ2v) is 9.06. The molecule has 1 amide bonds. The number of likely N-dealkylation sites (tertiary alicyclic amines) is 1. The molecule has 1 saturated heterocycles. The second-order valence-electron chi connectivity index (χ2n) is 7.14. The maximum absolute atomic E-state index is 12.6. The van der Waals surface area contributed by atoms with E-state index in [1.54, 1.807) is 18.4 Å². The van der Waals surface area contributed by atoms with Crippen molar-refractivity contribution in [2.75, 3.05) is 20.2 Å². The van der Waals surface area contributed by atoms with Gasteiger partial charge in [-0.15, -0.1) is 11.3 Å². The van der Waals surface area contributed by atoms with E-state index in [2.05, 4.69) is 34.1 Å². The highest BCUT2D eigenvalue weighted by molar-refractivity contribution is 9.10. The lowest BCUT2D eigenvalue weighted by Gasteiger charge is -2.31. The fraction of sp³-hybridized carbons (Fsp3) is 0.364. The van der Waals surface area contributed by atoms with Gasteiger partial charge in [0.2, 0.25) is 5.91 Å². The number of amides is 1. The average molecular weight is 459 g/mol. The first-order valence-corrected chi connectivity index (χ1v) is 11.2. The lowest BCUT2D eigenvalue weighted by molar-refractivity contribution is -0.132. The zero-order valence-corrected chi connectivity index (χ0v) is 18.3. The number of benzene rings is 2. The van der Waals surface area contributed by atoms with E-state index in [-0.39, 0.29) is 5.91 Å². The van der Waals surface area contributed by atoms with Crippen LogP contribution in [0.25, 0.3) is 10.2 Å². The number of hydrogen-bond donors (Lipinski definition) is 0. The summed E-state index contributed by atoms with van der Waals surface area (Å²) in [5.74, 6) is 1.53. The first-order valence-electron chi connectivity index (χ1n) is 9.59. The van der Waals surface area contributed by atoms with Gasteiger partial charge >= 0.3 is 0 Å². The third-order valence-electron chi connectivity index (χ3n) is 5.35. The molecule has 6 heteroatoms. The highest BCUT2D eigenvalue weighted by Crippen LogP contribution is 2.34. The summed E-state index contributed by atoms with van der Waals surface area (Å²) in [6.45, 7) is 1.65. The summed E-state index contributed by atoms with van der Waals surface area (Å²) in [7, 11) is 1.65. The first kappa shape index (κ1) is 19.4. The van der Waals surface area contributed by atoms with Gasteiger partial charge in [-0.1, -0.05) is 18.2 Å². The molecular formula is C22H23BrN2O2S. The van der Waals surface area contributed by atoms with Crippen LogP contribution in [-0.2, 0) is 11.2 Å². The summed E-state index contributed by atoms with van der Waals surface area (Å²) in [6, 6.07) is 14.3. The van der Waals surface area contributed by atoms with Gasteiger partial charge in [-0.25, -0.2) is 4.98 Å². The number of methoxy groups -OCH3 is 1. The maximum Gasteiger partial charge on any atom is 0.222 e. The number of fused-ring (bicyclic) bond motifs is 1. The third kappa shape index (κ3) is 4.23. The lowest BCUT2D eigenvalue weighted by atomic mass is 9.97. The van der Waals surface area contributed by atoms with Crippen molar-refractivity contribution >= 4 is 43.4 Å². The zero-order chi connectivity index (χ0) is 19.5. The fourth-order valence-electron chi connectivity index (χ4n) is 3.72. The van der Waals surface area contributed by atoms with Gasteiger partial charge in [-0.05, 0) is 65.0 Å². The molecule has 0 radical (unpaired) electrons. The number of carbonyl (C=O) groups excluding carboxylic acids is 1. The molecule has 0 unspecified atom stereocenters. The van der Waals surface area contributed by atoms with E-state index in [9.17, 15) is 4.79 Å². The number of aromatic nitrogens is 1. The molecule has 1 aliphatic heterocycles. The quantitative estimate of drug-likeness (QED) is 0.513. The minimum Gasteiger partial charge on any atom is -0.496 e. The van der Waals surface area contributed by atoms with Crippen molar-refractivity contribution in [2.45, 2.75) is 31.6 Å². The molecule has 4 rings (SSSR count). The molecule has 1 fully saturated rings. The normalized spacial score (nSPS) is 15.1. The van der Waals surface area contributed by atoms with E-state index in [4.69, 9.17) is 9.72 Å². The molecule has 0 N–H and O–H groups in total. The largest absolute Gasteiger partial charge is 0.496 e. The smallest absolute Gasteiger partial charge is 0.222 e. The van der Waals surface area contributed by atoms with Crippen molar-refractivity contribution in [1.82, 2.24) is 9.88 Å². The Morgan fingerprint density at radius 3 is 2.75 bits per heavy atom. The van der Waals surface area contributed by atoms with E-state index >= 15 is 0 Å². The Labute approximate surface area is 177 Å². The monoisotopic (exact) mass is 458 g/mol. The highest BCUT2D eigenvalue weighted by Gasteiger charge is 2.25. The second kappa shape index (κ2) is 8.62. The number of piperidine rings is 1. The number of rotatable bonds is 5. The molecular weight excluding hydrogens is 436 g/mol. The van der Waals surface area contributed by atoms with Crippen LogP contribution in [0.1, 0.15) is 35.8 Å². The minimum atomic E-state index is 0.245. The van der Waals surface area contributed by atoms with Gasteiger partial charge in [-0.2, -0.15) is 0 Å². The van der Waals surface area contributed by atoms with Crippen LogP contribution in [-0.4, -0.2) is 36.0 Å². The van der Waals surface area contributed by atoms with Gasteiger partial charge in [-0.3, -0.25) is 4.79 Å². The van der Waals surface area contributed by atoms with Crippen molar-refractivity contribution in [2.24, 2.45) is 0 Å². The summed E-state index contributed by atoms with van der Waals surface area (Å²) >= 11 is 5.30. The number of para-hydroxylation sites is 1. The highest BCUT2D eigenvalue weighted by atomic mass is 79.9. The van der Waals surface area contributed by atoms with Crippen LogP contribution < -0.4 is 4.74 Å². The Hall–Kier alpha value is -1.92. The van der Waals surface area contributed by atoms with Crippen molar-refractivity contribution < 1.29 is 9.53 Å². The zero-order valence-electron chi connectivity index (χ0n) is 15.9. The Balaban J connectivity index is 1.30. The molecule has 0 aliphatic carbocycles. The van der Waals surface area contributed by atoms with E-state index in [1.165, 1.54) is 9.71 Å². The molecule has 0 bridgehead atoms. The van der Waals surface area contributed by atoms with Gasteiger partial charge in [0.1, 0.15) is 5.75 Å². The molecule has 0 atom stereocenters. The molecule has 2 aromatic carbocycles. The predicted octanol–water partition coefficient (Wildman–Crippen LogP) is 5.41. The summed E-state index contributed by atoms with van der Waals surface area (Å²) in [6.07, 6.45) is 3.29. The van der Waals surface area contributed by atoms with E-state index in [1.807, 2.05) is 29.2 Å². The van der Waals surface area contributed by atoms with Crippen LogP contribution in [0.5, 0.6) is 5.75 Å². The van der Waals surface area contributed by atoms with E-state index < -0.39 is 0 Å². The summed E-state index contributed by atoms with van der Waals surface area (Å²) in [5, 5.41) is 1.22. The Kier molecular flexibility index (Phi) is 5.97. The predicted molar refractivity (Wildman–Crippen MR) is 117 cm³/mol. The summed E-state index contributed by atoms with van der Waals surface area (Å²) in [5.41, 5.74) is 2.23. The SMILES string of the molecule is COc1ccc(CCC(=O)N2CCC(c3nc4ccccc4s3)CC2)cc1Br. The molecule has 0 spiro atoms. The van der Waals surface area contributed by atoms with E-state index in [0.29, 0.717) is 12.3 Å². The topological polar surface area (TPSA) is 42.4 Å². The number of thiazole rings is 1. The van der Waals surface area contributed by atoms with Crippen molar-refractivity contribution in [3.05, 3.63) is 57.5 Å². The van der Waals surface area contributed by atoms with E-state index in [0.717, 1.165) is 53.7 Å². The number of aryl methyl sites for hydroxylation is 1. The Bertz CT molecular complexity index is 947. The number of carbonyl (C=O) groups is 1. The van der Waals surface area contributed by atoms with Crippen LogP contribution in [0.4, 0.5) is 0 Å². The van der Waals surface area contributed by atoms with Crippen LogP contribution in [0.3, 0.4) is 0 Å². The van der Waals surface area contributed by atoms with Crippen molar-refractivity contribution in [3.63, 3.8) is 0 Å². The van der Waals surface area contributed by atoms with Gasteiger partial charge in [0, 0.05) is 25.4 Å². The molecule has 0 saturated carbocycles. The molecule has 146 valence electrons. The third-order valence-corrected chi connectivity index (χ3v) is 7.17. The van der Waals surface area contributed by atoms with Gasteiger partial charge < -0.3 is 9.64 Å². The summed E-state index contributed by atoms with van der Waals surface area (Å²) < 4.78 is 7.44. The molecule has 1 aliphatic rings. The molecule has 28 heavy (non-hydrogen) atoms. The average Bonchev–Trinajstić information content (AvgIpc) is 3.16. The Morgan fingerprint density at radius 1 is 1.25 bits per heavy atom. The molecule has 4 nitrogen and oxygen atoms in total. The van der Waals surface area contributed by atoms with Crippen molar-refractivity contribution in [3.8, 4) is 5.75 Å². The Morgan fingerprint density at radius 2 is 2.04 bits per heavy atom. The lowest BCUT2D eigenvalue weighted by Crippen LogP contribution is -2.38. The number of nitrogens with zero attached hydrogens (tertiary/aromatic N) is 2. The van der Waals surface area contributed by atoms with Crippen LogP contribution >= 0.6 is 27.3 Å². The number of hydrogen-bond acceptors (Lipinski definition) is 4. The maximum atomic E-state index is 12.6. The number of ether oxygens (including phenoxy) is 1. The standard InChI is InChI=1S/C22H23BrN2O2S/c1-27-19-8-6-15(14-17(19)23)7-9-21(26)25-12-10-16(11-13-25)22-24-18-4-2-3-5-20(18)28-22/h2-6,8,14,16H,7,9-13H2,1H3. The van der Waals surface area contributed by atoms with Crippen LogP contribution in [0.2, 0.25) is 0 Å². The molecule has 3 aromatic rings.